The molecule has 0 spiro atoms. The summed E-state index contributed by atoms with van der Waals surface area (Å²) < 4.78 is 1.51. The van der Waals surface area contributed by atoms with Crippen LogP contribution in [0.1, 0.15) is 10.5 Å². The lowest BCUT2D eigenvalue weighted by molar-refractivity contribution is 0.0690. The molecule has 0 amide bonds. The molecule has 3 aromatic rings. The first-order valence-corrected chi connectivity index (χ1v) is 5.79. The van der Waals surface area contributed by atoms with Crippen molar-refractivity contribution in [1.82, 2.24) is 25.2 Å². The third-order valence-electron chi connectivity index (χ3n) is 2.71. The van der Waals surface area contributed by atoms with Crippen LogP contribution in [0.2, 0.25) is 0 Å². The topological polar surface area (TPSA) is 93.8 Å². The molecule has 0 bridgehead atoms. The standard InChI is InChI=1S/C13H9N5O2/c19-13(20)11-7-6-10(8-14-11)18-12(15-16-17-18)9-4-2-1-3-5-9/h1-8H,(H,19,20). The van der Waals surface area contributed by atoms with E-state index in [1.54, 1.807) is 6.07 Å². The SMILES string of the molecule is O=C(O)c1ccc(-n2nnnc2-c2ccccc2)cn1. The summed E-state index contributed by atoms with van der Waals surface area (Å²) in [6.07, 6.45) is 1.42. The van der Waals surface area contributed by atoms with Gasteiger partial charge in [0.05, 0.1) is 11.9 Å². The third-order valence-corrected chi connectivity index (χ3v) is 2.71. The highest BCUT2D eigenvalue weighted by Gasteiger charge is 2.11. The van der Waals surface area contributed by atoms with E-state index in [0.29, 0.717) is 11.5 Å². The van der Waals surface area contributed by atoms with Crippen LogP contribution in [0.3, 0.4) is 0 Å². The summed E-state index contributed by atoms with van der Waals surface area (Å²) in [5.41, 5.74) is 1.43. The maximum absolute atomic E-state index is 10.8. The van der Waals surface area contributed by atoms with E-state index in [4.69, 9.17) is 5.11 Å². The molecule has 2 aromatic heterocycles. The maximum Gasteiger partial charge on any atom is 0.354 e. The van der Waals surface area contributed by atoms with Crippen LogP contribution in [0, 0.1) is 0 Å². The fourth-order valence-electron chi connectivity index (χ4n) is 1.77. The molecule has 2 heterocycles. The zero-order valence-electron chi connectivity index (χ0n) is 10.2. The number of carboxylic acids is 1. The molecule has 3 rings (SSSR count). The average molecular weight is 267 g/mol. The van der Waals surface area contributed by atoms with Crippen LogP contribution >= 0.6 is 0 Å². The van der Waals surface area contributed by atoms with Gasteiger partial charge >= 0.3 is 5.97 Å². The van der Waals surface area contributed by atoms with E-state index in [2.05, 4.69) is 20.5 Å². The first-order chi connectivity index (χ1) is 9.75. The molecule has 0 unspecified atom stereocenters. The van der Waals surface area contributed by atoms with Crippen LogP contribution in [-0.4, -0.2) is 36.3 Å². The molecule has 0 fully saturated rings. The van der Waals surface area contributed by atoms with Crippen molar-refractivity contribution in [2.24, 2.45) is 0 Å². The highest BCUT2D eigenvalue weighted by atomic mass is 16.4. The lowest BCUT2D eigenvalue weighted by Gasteiger charge is -2.04. The van der Waals surface area contributed by atoms with Crippen molar-refractivity contribution in [3.05, 3.63) is 54.4 Å². The summed E-state index contributed by atoms with van der Waals surface area (Å²) >= 11 is 0. The van der Waals surface area contributed by atoms with Crippen LogP contribution < -0.4 is 0 Å². The Morgan fingerprint density at radius 3 is 2.55 bits per heavy atom. The lowest BCUT2D eigenvalue weighted by atomic mass is 10.2. The number of benzene rings is 1. The monoisotopic (exact) mass is 267 g/mol. The Hall–Kier alpha value is -3.09. The second-order valence-electron chi connectivity index (χ2n) is 3.99. The van der Waals surface area contributed by atoms with E-state index in [0.717, 1.165) is 5.56 Å². The van der Waals surface area contributed by atoms with Gasteiger partial charge in [0.25, 0.3) is 0 Å². The van der Waals surface area contributed by atoms with Crippen molar-refractivity contribution in [3.8, 4) is 17.1 Å². The highest BCUT2D eigenvalue weighted by Crippen LogP contribution is 2.18. The smallest absolute Gasteiger partial charge is 0.354 e. The Bertz CT molecular complexity index is 737. The zero-order chi connectivity index (χ0) is 13.9. The Morgan fingerprint density at radius 2 is 1.90 bits per heavy atom. The van der Waals surface area contributed by atoms with Crippen molar-refractivity contribution in [2.75, 3.05) is 0 Å². The van der Waals surface area contributed by atoms with E-state index in [1.165, 1.54) is 16.9 Å². The number of hydrogen-bond acceptors (Lipinski definition) is 5. The predicted molar refractivity (Wildman–Crippen MR) is 69.3 cm³/mol. The van der Waals surface area contributed by atoms with Gasteiger partial charge in [-0.1, -0.05) is 30.3 Å². The molecule has 20 heavy (non-hydrogen) atoms. The largest absolute Gasteiger partial charge is 0.477 e. The van der Waals surface area contributed by atoms with Gasteiger partial charge in [-0.15, -0.1) is 5.10 Å². The van der Waals surface area contributed by atoms with Crippen molar-refractivity contribution < 1.29 is 9.90 Å². The fraction of sp³-hybridized carbons (Fsp3) is 0. The molecular weight excluding hydrogens is 258 g/mol. The van der Waals surface area contributed by atoms with Gasteiger partial charge in [-0.25, -0.2) is 9.78 Å². The molecule has 0 aliphatic rings. The number of carbonyl (C=O) groups is 1. The number of tetrazole rings is 1. The summed E-state index contributed by atoms with van der Waals surface area (Å²) in [6, 6.07) is 12.5. The molecule has 0 aliphatic heterocycles. The minimum Gasteiger partial charge on any atom is -0.477 e. The van der Waals surface area contributed by atoms with Crippen molar-refractivity contribution in [3.63, 3.8) is 0 Å². The summed E-state index contributed by atoms with van der Waals surface area (Å²) in [5, 5.41) is 20.4. The van der Waals surface area contributed by atoms with E-state index in [1.807, 2.05) is 30.3 Å². The predicted octanol–water partition coefficient (Wildman–Crippen LogP) is 1.42. The van der Waals surface area contributed by atoms with Crippen molar-refractivity contribution in [2.45, 2.75) is 0 Å². The van der Waals surface area contributed by atoms with Gasteiger partial charge in [0, 0.05) is 5.56 Å². The van der Waals surface area contributed by atoms with Crippen LogP contribution in [0.4, 0.5) is 0 Å². The normalized spacial score (nSPS) is 10.4. The maximum atomic E-state index is 10.8. The molecular formula is C13H9N5O2. The van der Waals surface area contributed by atoms with Gasteiger partial charge in [-0.3, -0.25) is 0 Å². The van der Waals surface area contributed by atoms with Gasteiger partial charge in [-0.05, 0) is 22.6 Å². The molecule has 0 saturated heterocycles. The first kappa shape index (κ1) is 12.0. The average Bonchev–Trinajstić information content (AvgIpc) is 2.97. The zero-order valence-corrected chi connectivity index (χ0v) is 10.2. The first-order valence-electron chi connectivity index (χ1n) is 5.79. The van der Waals surface area contributed by atoms with Gasteiger partial charge < -0.3 is 5.11 Å². The van der Waals surface area contributed by atoms with Crippen LogP contribution in [0.5, 0.6) is 0 Å². The molecule has 0 atom stereocenters. The van der Waals surface area contributed by atoms with Crippen LogP contribution in [-0.2, 0) is 0 Å². The van der Waals surface area contributed by atoms with Gasteiger partial charge in [0.2, 0.25) is 0 Å². The minimum absolute atomic E-state index is 0.0249. The number of hydrogen-bond donors (Lipinski definition) is 1. The van der Waals surface area contributed by atoms with Crippen molar-refractivity contribution in [1.29, 1.82) is 0 Å². The van der Waals surface area contributed by atoms with Gasteiger partial charge in [-0.2, -0.15) is 4.68 Å². The second-order valence-corrected chi connectivity index (χ2v) is 3.99. The minimum atomic E-state index is -1.07. The summed E-state index contributed by atoms with van der Waals surface area (Å²) in [4.78, 5) is 14.6. The van der Waals surface area contributed by atoms with E-state index >= 15 is 0 Å². The van der Waals surface area contributed by atoms with Crippen LogP contribution in [0.15, 0.2) is 48.7 Å². The number of pyridine rings is 1. The van der Waals surface area contributed by atoms with Gasteiger partial charge in [0.1, 0.15) is 5.69 Å². The van der Waals surface area contributed by atoms with E-state index in [-0.39, 0.29) is 5.69 Å². The number of carboxylic acid groups (broad SMARTS) is 1. The number of aromatic carboxylic acids is 1. The van der Waals surface area contributed by atoms with E-state index in [9.17, 15) is 4.79 Å². The Labute approximate surface area is 113 Å². The summed E-state index contributed by atoms with van der Waals surface area (Å²) in [5.74, 6) is -0.507. The Morgan fingerprint density at radius 1 is 1.10 bits per heavy atom. The van der Waals surface area contributed by atoms with Crippen molar-refractivity contribution >= 4 is 5.97 Å². The number of aromatic nitrogens is 5. The molecule has 98 valence electrons. The Kier molecular flexibility index (Phi) is 2.92. The number of rotatable bonds is 3. The second kappa shape index (κ2) is 4.88. The molecule has 0 radical (unpaired) electrons. The molecule has 7 heteroatoms. The summed E-state index contributed by atoms with van der Waals surface area (Å²) in [6.45, 7) is 0. The van der Waals surface area contributed by atoms with Gasteiger partial charge in [0.15, 0.2) is 5.82 Å². The molecule has 7 nitrogen and oxygen atoms in total. The number of nitrogens with zero attached hydrogens (tertiary/aromatic N) is 5. The molecule has 0 saturated carbocycles. The fourth-order valence-corrected chi connectivity index (χ4v) is 1.77. The molecule has 1 N–H and O–H groups in total. The molecule has 0 aliphatic carbocycles. The molecule has 1 aromatic carbocycles. The Balaban J connectivity index is 2.04. The quantitative estimate of drug-likeness (QED) is 0.771. The highest BCUT2D eigenvalue weighted by molar-refractivity contribution is 5.85. The van der Waals surface area contributed by atoms with E-state index < -0.39 is 5.97 Å². The lowest BCUT2D eigenvalue weighted by Crippen LogP contribution is -2.04. The van der Waals surface area contributed by atoms with Crippen LogP contribution in [0.25, 0.3) is 17.1 Å². The summed E-state index contributed by atoms with van der Waals surface area (Å²) in [7, 11) is 0. The third kappa shape index (κ3) is 2.12.